The summed E-state index contributed by atoms with van der Waals surface area (Å²) in [4.78, 5) is 8.72. The highest BCUT2D eigenvalue weighted by molar-refractivity contribution is 5.52. The molecule has 3 heterocycles. The molecule has 1 fully saturated rings. The fourth-order valence-electron chi connectivity index (χ4n) is 2.86. The summed E-state index contributed by atoms with van der Waals surface area (Å²) in [5, 5.41) is 17.8. The Hall–Kier alpha value is -2.94. The van der Waals surface area contributed by atoms with Crippen LogP contribution < -0.4 is 10.6 Å². The first-order chi connectivity index (χ1) is 13.8. The third-order valence-corrected chi connectivity index (χ3v) is 4.47. The van der Waals surface area contributed by atoms with E-state index in [2.05, 4.69) is 36.0 Å². The molecule has 148 valence electrons. The van der Waals surface area contributed by atoms with Gasteiger partial charge >= 0.3 is 0 Å². The Morgan fingerprint density at radius 2 is 2.25 bits per heavy atom. The molecule has 28 heavy (non-hydrogen) atoms. The smallest absolute Gasteiger partial charge is 0.224 e. The van der Waals surface area contributed by atoms with E-state index in [0.717, 1.165) is 49.0 Å². The Labute approximate surface area is 163 Å². The number of aromatic amines is 1. The van der Waals surface area contributed by atoms with E-state index in [1.165, 1.54) is 12.8 Å². The van der Waals surface area contributed by atoms with Crippen LogP contribution in [0.3, 0.4) is 0 Å². The average molecular weight is 383 g/mol. The lowest BCUT2D eigenvalue weighted by Gasteiger charge is -2.05. The van der Waals surface area contributed by atoms with Gasteiger partial charge in [0.25, 0.3) is 0 Å². The van der Waals surface area contributed by atoms with Crippen LogP contribution >= 0.6 is 0 Å². The number of H-pyrrole nitrogens is 1. The second-order valence-corrected chi connectivity index (χ2v) is 6.81. The lowest BCUT2D eigenvalue weighted by molar-refractivity contribution is 0.145. The monoisotopic (exact) mass is 383 g/mol. The summed E-state index contributed by atoms with van der Waals surface area (Å²) >= 11 is 0. The first-order valence-corrected chi connectivity index (χ1v) is 9.71. The molecule has 9 heteroatoms. The van der Waals surface area contributed by atoms with Gasteiger partial charge in [-0.05, 0) is 38.7 Å². The number of aromatic nitrogens is 5. The number of nitrogens with one attached hydrogen (secondary N) is 3. The minimum Gasteiger partial charge on any atom is -0.382 e. The van der Waals surface area contributed by atoms with Crippen LogP contribution in [0.15, 0.2) is 28.9 Å². The van der Waals surface area contributed by atoms with Gasteiger partial charge in [0.2, 0.25) is 5.95 Å². The van der Waals surface area contributed by atoms with Crippen molar-refractivity contribution in [2.75, 3.05) is 23.8 Å². The summed E-state index contributed by atoms with van der Waals surface area (Å²) in [6.07, 6.45) is 5.93. The van der Waals surface area contributed by atoms with Crippen molar-refractivity contribution < 1.29 is 9.26 Å². The number of hydrogen-bond donors (Lipinski definition) is 3. The summed E-state index contributed by atoms with van der Waals surface area (Å²) in [5.74, 6) is 3.36. The molecular weight excluding hydrogens is 358 g/mol. The molecule has 0 unspecified atom stereocenters. The van der Waals surface area contributed by atoms with Crippen LogP contribution in [0.4, 0.5) is 17.6 Å². The van der Waals surface area contributed by atoms with Gasteiger partial charge in [0.15, 0.2) is 5.76 Å². The van der Waals surface area contributed by atoms with Gasteiger partial charge in [-0.3, -0.25) is 5.10 Å². The predicted molar refractivity (Wildman–Crippen MR) is 105 cm³/mol. The average Bonchev–Trinajstić information content (AvgIpc) is 3.29. The molecule has 1 aliphatic carbocycles. The molecule has 0 aromatic carbocycles. The normalized spacial score (nSPS) is 13.6. The molecule has 0 spiro atoms. The van der Waals surface area contributed by atoms with Gasteiger partial charge in [0, 0.05) is 37.5 Å². The molecule has 0 bridgehead atoms. The molecule has 0 amide bonds. The number of aryl methyl sites for hydroxylation is 1. The third-order valence-electron chi connectivity index (χ3n) is 4.47. The maximum Gasteiger partial charge on any atom is 0.224 e. The molecule has 3 aromatic heterocycles. The van der Waals surface area contributed by atoms with Gasteiger partial charge in [0.05, 0.1) is 17.9 Å². The molecule has 3 N–H and O–H groups in total. The summed E-state index contributed by atoms with van der Waals surface area (Å²) in [6, 6.07) is 5.79. The van der Waals surface area contributed by atoms with Crippen LogP contribution in [-0.2, 0) is 17.7 Å². The number of nitrogens with zero attached hydrogens (tertiary/aromatic N) is 4. The van der Waals surface area contributed by atoms with Crippen LogP contribution in [0, 0.1) is 0 Å². The van der Waals surface area contributed by atoms with E-state index >= 15 is 0 Å². The van der Waals surface area contributed by atoms with Crippen molar-refractivity contribution in [1.82, 2.24) is 25.3 Å². The van der Waals surface area contributed by atoms with Gasteiger partial charge in [-0.15, -0.1) is 0 Å². The molecule has 4 rings (SSSR count). The lowest BCUT2D eigenvalue weighted by Crippen LogP contribution is -2.04. The highest BCUT2D eigenvalue weighted by Crippen LogP contribution is 2.39. The first-order valence-electron chi connectivity index (χ1n) is 9.71. The van der Waals surface area contributed by atoms with E-state index in [-0.39, 0.29) is 0 Å². The number of anilines is 3. The summed E-state index contributed by atoms with van der Waals surface area (Å²) < 4.78 is 10.7. The summed E-state index contributed by atoms with van der Waals surface area (Å²) in [5.41, 5.74) is 2.04. The molecule has 0 atom stereocenters. The zero-order valence-electron chi connectivity index (χ0n) is 15.9. The van der Waals surface area contributed by atoms with Crippen LogP contribution in [0.1, 0.15) is 49.3 Å². The van der Waals surface area contributed by atoms with Crippen LogP contribution in [0.5, 0.6) is 0 Å². The van der Waals surface area contributed by atoms with Crippen molar-refractivity contribution in [2.24, 2.45) is 0 Å². The molecule has 1 aliphatic rings. The maximum absolute atomic E-state index is 5.36. The topological polar surface area (TPSA) is 114 Å². The zero-order valence-corrected chi connectivity index (χ0v) is 15.9. The third kappa shape index (κ3) is 5.07. The molecular formula is C19H25N7O2. The predicted octanol–water partition coefficient (Wildman–Crippen LogP) is 3.39. The summed E-state index contributed by atoms with van der Waals surface area (Å²) in [6.45, 7) is 3.99. The summed E-state index contributed by atoms with van der Waals surface area (Å²) in [7, 11) is 0. The Morgan fingerprint density at radius 3 is 3.11 bits per heavy atom. The van der Waals surface area contributed by atoms with E-state index in [4.69, 9.17) is 9.26 Å². The fraction of sp³-hybridized carbons (Fsp3) is 0.474. The van der Waals surface area contributed by atoms with Crippen LogP contribution in [-0.4, -0.2) is 38.5 Å². The number of ether oxygens (including phenoxy) is 1. The Kier molecular flexibility index (Phi) is 5.81. The molecule has 0 radical (unpaired) electrons. The van der Waals surface area contributed by atoms with Crippen molar-refractivity contribution in [3.8, 4) is 0 Å². The van der Waals surface area contributed by atoms with Gasteiger partial charge < -0.3 is 19.9 Å². The van der Waals surface area contributed by atoms with E-state index in [9.17, 15) is 0 Å². The van der Waals surface area contributed by atoms with Gasteiger partial charge in [0.1, 0.15) is 11.6 Å². The van der Waals surface area contributed by atoms with E-state index in [1.54, 1.807) is 12.3 Å². The van der Waals surface area contributed by atoms with Gasteiger partial charge in [-0.25, -0.2) is 4.98 Å². The Morgan fingerprint density at radius 1 is 1.32 bits per heavy atom. The quantitative estimate of drug-likeness (QED) is 0.432. The van der Waals surface area contributed by atoms with Crippen molar-refractivity contribution in [3.05, 3.63) is 41.5 Å². The lowest BCUT2D eigenvalue weighted by atomic mass is 10.2. The second-order valence-electron chi connectivity index (χ2n) is 6.81. The Balaban J connectivity index is 1.29. The SMILES string of the molecule is CCOCCCc1cc(Nc2ccnc(NCc3cc(C4CC4)no3)n2)[nH]n1. The minimum absolute atomic E-state index is 0.497. The van der Waals surface area contributed by atoms with E-state index in [1.807, 2.05) is 19.1 Å². The Bertz CT molecular complexity index is 888. The second kappa shape index (κ2) is 8.83. The van der Waals surface area contributed by atoms with Crippen LogP contribution in [0.2, 0.25) is 0 Å². The molecule has 0 saturated heterocycles. The fourth-order valence-corrected chi connectivity index (χ4v) is 2.86. The highest BCUT2D eigenvalue weighted by atomic mass is 16.5. The number of rotatable bonds is 11. The van der Waals surface area contributed by atoms with Gasteiger partial charge in [-0.1, -0.05) is 5.16 Å². The van der Waals surface area contributed by atoms with Crippen molar-refractivity contribution >= 4 is 17.6 Å². The standard InChI is InChI=1S/C19H25N7O2/c1-2-27-9-3-4-14-10-18(25-24-14)22-17-7-8-20-19(23-17)21-12-15-11-16(26-28-15)13-5-6-13/h7-8,10-11,13H,2-6,9,12H2,1H3,(H3,20,21,22,23,24,25). The molecule has 9 nitrogen and oxygen atoms in total. The maximum atomic E-state index is 5.36. The molecule has 3 aromatic rings. The number of hydrogen-bond acceptors (Lipinski definition) is 8. The molecule has 0 aliphatic heterocycles. The molecule has 1 saturated carbocycles. The van der Waals surface area contributed by atoms with Crippen LogP contribution in [0.25, 0.3) is 0 Å². The van der Waals surface area contributed by atoms with Crippen molar-refractivity contribution in [1.29, 1.82) is 0 Å². The minimum atomic E-state index is 0.497. The van der Waals surface area contributed by atoms with Crippen molar-refractivity contribution in [3.63, 3.8) is 0 Å². The first kappa shape index (κ1) is 18.4. The zero-order chi connectivity index (χ0) is 19.2. The largest absolute Gasteiger partial charge is 0.382 e. The van der Waals surface area contributed by atoms with Crippen molar-refractivity contribution in [2.45, 2.75) is 45.1 Å². The highest BCUT2D eigenvalue weighted by Gasteiger charge is 2.26. The van der Waals surface area contributed by atoms with E-state index < -0.39 is 0 Å². The van der Waals surface area contributed by atoms with Gasteiger partial charge in [-0.2, -0.15) is 10.1 Å². The van der Waals surface area contributed by atoms with E-state index in [0.29, 0.717) is 24.2 Å².